The van der Waals surface area contributed by atoms with Crippen LogP contribution in [0.15, 0.2) is 34.9 Å². The molecule has 23 heavy (non-hydrogen) atoms. The van der Waals surface area contributed by atoms with Crippen LogP contribution < -0.4 is 10.1 Å². The molecular formula is C16H18N2O5. The summed E-state index contributed by atoms with van der Waals surface area (Å²) in [4.78, 5) is 22.5. The normalized spacial score (nSPS) is 10.6. The van der Waals surface area contributed by atoms with Gasteiger partial charge in [0, 0.05) is 18.5 Å². The van der Waals surface area contributed by atoms with Crippen molar-refractivity contribution >= 4 is 11.9 Å². The molecule has 0 bridgehead atoms. The summed E-state index contributed by atoms with van der Waals surface area (Å²) < 4.78 is 10.2. The van der Waals surface area contributed by atoms with Crippen LogP contribution in [0.3, 0.4) is 0 Å². The molecule has 0 unspecified atom stereocenters. The van der Waals surface area contributed by atoms with E-state index in [0.29, 0.717) is 11.5 Å². The maximum atomic E-state index is 12.0. The van der Waals surface area contributed by atoms with E-state index in [2.05, 4.69) is 10.5 Å². The molecule has 1 aromatic heterocycles. The Balaban J connectivity index is 1.93. The van der Waals surface area contributed by atoms with Crippen molar-refractivity contribution in [3.63, 3.8) is 0 Å². The zero-order valence-corrected chi connectivity index (χ0v) is 12.9. The number of ether oxygens (including phenoxy) is 1. The van der Waals surface area contributed by atoms with Gasteiger partial charge in [0.05, 0.1) is 0 Å². The summed E-state index contributed by atoms with van der Waals surface area (Å²) in [6.45, 7) is 3.76. The van der Waals surface area contributed by atoms with Crippen LogP contribution in [-0.2, 0) is 11.3 Å². The third-order valence-corrected chi connectivity index (χ3v) is 3.04. The molecule has 0 fully saturated rings. The highest BCUT2D eigenvalue weighted by Gasteiger charge is 2.14. The van der Waals surface area contributed by atoms with Crippen LogP contribution in [0.25, 0.3) is 0 Å². The molecule has 0 aliphatic rings. The van der Waals surface area contributed by atoms with Crippen LogP contribution in [0.1, 0.15) is 41.6 Å². The third-order valence-electron chi connectivity index (χ3n) is 3.04. The van der Waals surface area contributed by atoms with Gasteiger partial charge >= 0.3 is 5.97 Å². The maximum Gasteiger partial charge on any atom is 0.341 e. The van der Waals surface area contributed by atoms with Crippen LogP contribution in [0.5, 0.6) is 5.75 Å². The van der Waals surface area contributed by atoms with Gasteiger partial charge < -0.3 is 19.7 Å². The number of nitrogens with zero attached hydrogens (tertiary/aromatic N) is 1. The Morgan fingerprint density at radius 3 is 2.78 bits per heavy atom. The van der Waals surface area contributed by atoms with Gasteiger partial charge in [-0.1, -0.05) is 31.1 Å². The minimum atomic E-state index is -1.05. The fourth-order valence-corrected chi connectivity index (χ4v) is 1.83. The van der Waals surface area contributed by atoms with Gasteiger partial charge in [0.2, 0.25) is 0 Å². The number of hydrogen-bond acceptors (Lipinski definition) is 5. The lowest BCUT2D eigenvalue weighted by Crippen LogP contribution is -2.23. The highest BCUT2D eigenvalue weighted by atomic mass is 16.5. The lowest BCUT2D eigenvalue weighted by Gasteiger charge is -2.07. The predicted molar refractivity (Wildman–Crippen MR) is 81.3 cm³/mol. The van der Waals surface area contributed by atoms with Gasteiger partial charge in [0.15, 0.2) is 12.3 Å². The Kier molecular flexibility index (Phi) is 5.35. The van der Waals surface area contributed by atoms with Gasteiger partial charge in [0.1, 0.15) is 11.5 Å². The molecule has 0 spiro atoms. The summed E-state index contributed by atoms with van der Waals surface area (Å²) >= 11 is 0. The van der Waals surface area contributed by atoms with Crippen molar-refractivity contribution < 1.29 is 24.0 Å². The molecule has 1 aromatic carbocycles. The largest absolute Gasteiger partial charge is 0.482 e. The second-order valence-electron chi connectivity index (χ2n) is 5.28. The van der Waals surface area contributed by atoms with Crippen molar-refractivity contribution in [1.82, 2.24) is 10.5 Å². The van der Waals surface area contributed by atoms with Crippen molar-refractivity contribution in [1.29, 1.82) is 0 Å². The van der Waals surface area contributed by atoms with Crippen molar-refractivity contribution in [2.24, 2.45) is 0 Å². The first-order valence-electron chi connectivity index (χ1n) is 7.14. The molecular weight excluding hydrogens is 300 g/mol. The van der Waals surface area contributed by atoms with E-state index < -0.39 is 12.6 Å². The highest BCUT2D eigenvalue weighted by molar-refractivity contribution is 5.92. The molecule has 0 atom stereocenters. The number of carbonyl (C=O) groups is 2. The van der Waals surface area contributed by atoms with Gasteiger partial charge in [-0.3, -0.25) is 4.79 Å². The molecule has 1 heterocycles. The maximum absolute atomic E-state index is 12.0. The van der Waals surface area contributed by atoms with Crippen molar-refractivity contribution in [2.45, 2.75) is 26.3 Å². The standard InChI is InChI=1S/C16H18N2O5/c1-10(2)14-7-13(18-23-14)16(21)17-8-11-4-3-5-12(6-11)22-9-15(19)20/h3-7,10H,8-9H2,1-2H3,(H,17,21)(H,19,20). The molecule has 7 heteroatoms. The first-order valence-corrected chi connectivity index (χ1v) is 7.14. The molecule has 2 rings (SSSR count). The first-order chi connectivity index (χ1) is 11.0. The summed E-state index contributed by atoms with van der Waals surface area (Å²) in [7, 11) is 0. The van der Waals surface area contributed by atoms with Crippen LogP contribution in [0, 0.1) is 0 Å². The summed E-state index contributed by atoms with van der Waals surface area (Å²) in [6, 6.07) is 8.47. The Labute approximate surface area is 133 Å². The number of carbonyl (C=O) groups excluding carboxylic acids is 1. The van der Waals surface area contributed by atoms with Gasteiger partial charge in [0.25, 0.3) is 5.91 Å². The van der Waals surface area contributed by atoms with Crippen molar-refractivity contribution in [2.75, 3.05) is 6.61 Å². The summed E-state index contributed by atoms with van der Waals surface area (Å²) in [6.07, 6.45) is 0. The quantitative estimate of drug-likeness (QED) is 0.811. The molecule has 122 valence electrons. The van der Waals surface area contributed by atoms with Crippen LogP contribution in [0.4, 0.5) is 0 Å². The highest BCUT2D eigenvalue weighted by Crippen LogP contribution is 2.16. The smallest absolute Gasteiger partial charge is 0.341 e. The Morgan fingerprint density at radius 2 is 2.13 bits per heavy atom. The number of rotatable bonds is 7. The number of carboxylic acids is 1. The number of aliphatic carboxylic acids is 1. The van der Waals surface area contributed by atoms with Gasteiger partial charge in [-0.2, -0.15) is 0 Å². The molecule has 0 saturated heterocycles. The Morgan fingerprint density at radius 1 is 1.35 bits per heavy atom. The molecule has 2 aromatic rings. The molecule has 7 nitrogen and oxygen atoms in total. The third kappa shape index (κ3) is 4.84. The lowest BCUT2D eigenvalue weighted by atomic mass is 10.1. The minimum Gasteiger partial charge on any atom is -0.482 e. The summed E-state index contributed by atoms with van der Waals surface area (Å²) in [5.74, 6) is -0.137. The summed E-state index contributed by atoms with van der Waals surface area (Å²) in [5, 5.41) is 15.1. The van der Waals surface area contributed by atoms with Gasteiger partial charge in [-0.05, 0) is 17.7 Å². The molecule has 0 aliphatic heterocycles. The topological polar surface area (TPSA) is 102 Å². The first kappa shape index (κ1) is 16.5. The van der Waals surface area contributed by atoms with Crippen LogP contribution in [0.2, 0.25) is 0 Å². The average Bonchev–Trinajstić information content (AvgIpc) is 3.01. The van der Waals surface area contributed by atoms with E-state index in [1.165, 1.54) is 0 Å². The fraction of sp³-hybridized carbons (Fsp3) is 0.312. The molecule has 1 amide bonds. The fourth-order valence-electron chi connectivity index (χ4n) is 1.83. The van der Waals surface area contributed by atoms with Crippen molar-refractivity contribution in [3.05, 3.63) is 47.3 Å². The van der Waals surface area contributed by atoms with Crippen LogP contribution in [-0.4, -0.2) is 28.7 Å². The second kappa shape index (κ2) is 7.44. The van der Waals surface area contributed by atoms with E-state index in [0.717, 1.165) is 5.56 Å². The zero-order chi connectivity index (χ0) is 16.8. The van der Waals surface area contributed by atoms with Gasteiger partial charge in [-0.25, -0.2) is 4.79 Å². The van der Waals surface area contributed by atoms with E-state index in [4.69, 9.17) is 14.4 Å². The second-order valence-corrected chi connectivity index (χ2v) is 5.28. The molecule has 0 saturated carbocycles. The van der Waals surface area contributed by atoms with Crippen LogP contribution >= 0.6 is 0 Å². The van der Waals surface area contributed by atoms with E-state index in [9.17, 15) is 9.59 Å². The summed E-state index contributed by atoms with van der Waals surface area (Å²) in [5.41, 5.74) is 1.01. The number of amides is 1. The van der Waals surface area contributed by atoms with E-state index in [1.54, 1.807) is 30.3 Å². The Hall–Kier alpha value is -2.83. The molecule has 0 aliphatic carbocycles. The SMILES string of the molecule is CC(C)c1cc(C(=O)NCc2cccc(OCC(=O)O)c2)no1. The Bertz CT molecular complexity index is 693. The van der Waals surface area contributed by atoms with E-state index in [1.807, 2.05) is 13.8 Å². The number of aromatic nitrogens is 1. The monoisotopic (exact) mass is 318 g/mol. The number of benzene rings is 1. The predicted octanol–water partition coefficient (Wildman–Crippen LogP) is 2.19. The number of nitrogens with one attached hydrogen (secondary N) is 1. The van der Waals surface area contributed by atoms with E-state index >= 15 is 0 Å². The van der Waals surface area contributed by atoms with Crippen molar-refractivity contribution in [3.8, 4) is 5.75 Å². The minimum absolute atomic E-state index is 0.159. The molecule has 2 N–H and O–H groups in total. The zero-order valence-electron chi connectivity index (χ0n) is 12.9. The lowest BCUT2D eigenvalue weighted by molar-refractivity contribution is -0.139. The van der Waals surface area contributed by atoms with Gasteiger partial charge in [-0.15, -0.1) is 0 Å². The van der Waals surface area contributed by atoms with E-state index in [-0.39, 0.29) is 24.1 Å². The average molecular weight is 318 g/mol. The molecule has 0 radical (unpaired) electrons. The number of hydrogen-bond donors (Lipinski definition) is 2. The number of carboxylic acid groups (broad SMARTS) is 1.